The molecule has 1 fully saturated rings. The number of ether oxygens (including phenoxy) is 1. The summed E-state index contributed by atoms with van der Waals surface area (Å²) < 4.78 is 5.25. The van der Waals surface area contributed by atoms with Gasteiger partial charge in [0.15, 0.2) is 0 Å². The normalized spacial score (nSPS) is 24.1. The number of amides is 3. The van der Waals surface area contributed by atoms with Crippen LogP contribution in [0.1, 0.15) is 38.6 Å². The first-order valence-electron chi connectivity index (χ1n) is 9.25. The van der Waals surface area contributed by atoms with Gasteiger partial charge >= 0.3 is 12.1 Å². The fourth-order valence-electron chi connectivity index (χ4n) is 3.11. The molecular weight excluding hydrogens is 430 g/mol. The zero-order valence-electron chi connectivity index (χ0n) is 16.9. The molecule has 9 nitrogen and oxygen atoms in total. The molecule has 2 aliphatic heterocycles. The number of thioether (sulfide) groups is 1. The smallest absolute Gasteiger partial charge is 0.408 e. The highest BCUT2D eigenvalue weighted by atomic mass is 32.2. The van der Waals surface area contributed by atoms with Gasteiger partial charge in [0.25, 0.3) is 5.91 Å². The molecule has 3 amide bonds. The second-order valence-corrected chi connectivity index (χ2v) is 10.4. The number of hydrogen-bond acceptors (Lipinski definition) is 7. The number of hydrogen-bond donors (Lipinski definition) is 3. The fraction of sp³-hybridized carbons (Fsp3) is 0.474. The Morgan fingerprint density at radius 2 is 2.00 bits per heavy atom. The number of rotatable bonds is 5. The van der Waals surface area contributed by atoms with Crippen molar-refractivity contribution < 1.29 is 29.0 Å². The molecule has 3 unspecified atom stereocenters. The van der Waals surface area contributed by atoms with Crippen LogP contribution >= 0.6 is 23.1 Å². The Morgan fingerprint density at radius 1 is 1.30 bits per heavy atom. The first kappa shape index (κ1) is 22.2. The summed E-state index contributed by atoms with van der Waals surface area (Å²) in [4.78, 5) is 51.0. The first-order chi connectivity index (χ1) is 14.0. The maximum atomic E-state index is 13.0. The SMILES string of the molecule is CC1C=C(C(=O)O)N2C(=O)C(NC(=O)C(NC(=O)OC(C)(C)C)c3cccs3)[C@@H]2S1. The minimum absolute atomic E-state index is 0.0802. The summed E-state index contributed by atoms with van der Waals surface area (Å²) >= 11 is 2.67. The van der Waals surface area contributed by atoms with Crippen LogP contribution in [-0.2, 0) is 19.1 Å². The molecule has 3 rings (SSSR count). The number of nitrogens with one attached hydrogen (secondary N) is 2. The number of β-lactam (4-membered cyclic amide) rings is 1. The van der Waals surface area contributed by atoms with Crippen LogP contribution in [0.5, 0.6) is 0 Å². The van der Waals surface area contributed by atoms with E-state index in [0.717, 1.165) is 0 Å². The molecule has 2 aliphatic rings. The van der Waals surface area contributed by atoms with E-state index in [4.69, 9.17) is 4.74 Å². The zero-order valence-corrected chi connectivity index (χ0v) is 18.5. The predicted octanol–water partition coefficient (Wildman–Crippen LogP) is 2.07. The lowest BCUT2D eigenvalue weighted by atomic mass is 10.0. The molecule has 4 atom stereocenters. The number of carboxylic acids is 1. The highest BCUT2D eigenvalue weighted by Crippen LogP contribution is 2.41. The molecule has 3 heterocycles. The molecule has 0 aromatic carbocycles. The summed E-state index contributed by atoms with van der Waals surface area (Å²) in [5.41, 5.74) is -0.817. The quantitative estimate of drug-likeness (QED) is 0.583. The highest BCUT2D eigenvalue weighted by molar-refractivity contribution is 8.00. The van der Waals surface area contributed by atoms with Gasteiger partial charge in [0.05, 0.1) is 0 Å². The van der Waals surface area contributed by atoms with Gasteiger partial charge < -0.3 is 20.5 Å². The lowest BCUT2D eigenvalue weighted by molar-refractivity contribution is -0.150. The van der Waals surface area contributed by atoms with Crippen LogP contribution in [0.25, 0.3) is 0 Å². The van der Waals surface area contributed by atoms with Crippen molar-refractivity contribution in [3.63, 3.8) is 0 Å². The lowest BCUT2D eigenvalue weighted by Crippen LogP contribution is -2.71. The van der Waals surface area contributed by atoms with Gasteiger partial charge in [0, 0.05) is 10.1 Å². The van der Waals surface area contributed by atoms with Crippen LogP contribution in [0.15, 0.2) is 29.3 Å². The van der Waals surface area contributed by atoms with E-state index in [1.54, 1.807) is 38.3 Å². The molecule has 30 heavy (non-hydrogen) atoms. The van der Waals surface area contributed by atoms with Crippen LogP contribution in [0.4, 0.5) is 4.79 Å². The van der Waals surface area contributed by atoms with Crippen molar-refractivity contribution in [2.45, 2.75) is 56.0 Å². The van der Waals surface area contributed by atoms with E-state index in [1.807, 2.05) is 6.92 Å². The van der Waals surface area contributed by atoms with Crippen molar-refractivity contribution in [1.82, 2.24) is 15.5 Å². The van der Waals surface area contributed by atoms with Gasteiger partial charge in [0.1, 0.15) is 28.8 Å². The maximum Gasteiger partial charge on any atom is 0.408 e. The highest BCUT2D eigenvalue weighted by Gasteiger charge is 2.54. The summed E-state index contributed by atoms with van der Waals surface area (Å²) in [5.74, 6) is -2.25. The molecule has 0 aliphatic carbocycles. The minimum Gasteiger partial charge on any atom is -0.477 e. The maximum absolute atomic E-state index is 13.0. The van der Waals surface area contributed by atoms with Crippen LogP contribution < -0.4 is 10.6 Å². The number of carbonyl (C=O) groups excluding carboxylic acids is 3. The average molecular weight is 454 g/mol. The zero-order chi connectivity index (χ0) is 22.2. The summed E-state index contributed by atoms with van der Waals surface area (Å²) in [6.07, 6.45) is 0.757. The van der Waals surface area contributed by atoms with Crippen molar-refractivity contribution in [3.8, 4) is 0 Å². The van der Waals surface area contributed by atoms with Gasteiger partial charge in [0.2, 0.25) is 5.91 Å². The number of fused-ring (bicyclic) bond motifs is 1. The Hall–Kier alpha value is -2.53. The van der Waals surface area contributed by atoms with Crippen LogP contribution in [0.2, 0.25) is 0 Å². The number of thiophene rings is 1. The second-order valence-electron chi connectivity index (χ2n) is 7.88. The van der Waals surface area contributed by atoms with Gasteiger partial charge in [-0.15, -0.1) is 23.1 Å². The minimum atomic E-state index is -1.19. The average Bonchev–Trinajstić information content (AvgIpc) is 3.16. The number of carboxylic acid groups (broad SMARTS) is 1. The van der Waals surface area contributed by atoms with Gasteiger partial charge in [-0.3, -0.25) is 14.5 Å². The van der Waals surface area contributed by atoms with Gasteiger partial charge in [-0.25, -0.2) is 9.59 Å². The monoisotopic (exact) mass is 453 g/mol. The van der Waals surface area contributed by atoms with E-state index in [0.29, 0.717) is 4.88 Å². The largest absolute Gasteiger partial charge is 0.477 e. The molecule has 1 aromatic rings. The summed E-state index contributed by atoms with van der Waals surface area (Å²) in [6, 6.07) is 1.53. The molecule has 11 heteroatoms. The molecule has 1 aromatic heterocycles. The van der Waals surface area contributed by atoms with Crippen molar-refractivity contribution in [2.24, 2.45) is 0 Å². The Bertz CT molecular complexity index is 893. The molecule has 0 bridgehead atoms. The number of alkyl carbamates (subject to hydrolysis) is 1. The molecule has 0 spiro atoms. The Labute approximate surface area is 181 Å². The Kier molecular flexibility index (Phi) is 6.14. The fourth-order valence-corrected chi connectivity index (χ4v) is 5.21. The summed E-state index contributed by atoms with van der Waals surface area (Å²) in [6.45, 7) is 6.96. The topological polar surface area (TPSA) is 125 Å². The first-order valence-corrected chi connectivity index (χ1v) is 11.1. The molecule has 162 valence electrons. The van der Waals surface area contributed by atoms with Crippen LogP contribution in [0.3, 0.4) is 0 Å². The molecular formula is C19H23N3O6S2. The Balaban J connectivity index is 1.74. The van der Waals surface area contributed by atoms with E-state index < -0.39 is 46.9 Å². The molecule has 0 radical (unpaired) electrons. The third-order valence-electron chi connectivity index (χ3n) is 4.32. The van der Waals surface area contributed by atoms with Crippen LogP contribution in [-0.4, -0.2) is 56.2 Å². The summed E-state index contributed by atoms with van der Waals surface area (Å²) in [7, 11) is 0. The second kappa shape index (κ2) is 8.31. The third kappa shape index (κ3) is 4.62. The van der Waals surface area contributed by atoms with E-state index in [1.165, 1.54) is 34.1 Å². The molecule has 0 saturated carbocycles. The van der Waals surface area contributed by atoms with Crippen LogP contribution in [0, 0.1) is 0 Å². The van der Waals surface area contributed by atoms with E-state index in [9.17, 15) is 24.3 Å². The molecule has 3 N–H and O–H groups in total. The van der Waals surface area contributed by atoms with Crippen molar-refractivity contribution >= 4 is 47.0 Å². The summed E-state index contributed by atoms with van der Waals surface area (Å²) in [5, 5.41) is 15.7. The van der Waals surface area contributed by atoms with Crippen molar-refractivity contribution in [2.75, 3.05) is 0 Å². The van der Waals surface area contributed by atoms with Crippen molar-refractivity contribution in [3.05, 3.63) is 34.2 Å². The van der Waals surface area contributed by atoms with Gasteiger partial charge in [-0.05, 0) is 45.2 Å². The van der Waals surface area contributed by atoms with E-state index in [2.05, 4.69) is 10.6 Å². The number of nitrogens with zero attached hydrogens (tertiary/aromatic N) is 1. The van der Waals surface area contributed by atoms with Gasteiger partial charge in [-0.2, -0.15) is 0 Å². The molecule has 1 saturated heterocycles. The predicted molar refractivity (Wildman–Crippen MR) is 112 cm³/mol. The Morgan fingerprint density at radius 3 is 2.57 bits per heavy atom. The third-order valence-corrected chi connectivity index (χ3v) is 6.58. The van der Waals surface area contributed by atoms with Gasteiger partial charge in [-0.1, -0.05) is 6.07 Å². The van der Waals surface area contributed by atoms with E-state index >= 15 is 0 Å². The standard InChI is InChI=1S/C19H23N3O6S2/c1-9-8-10(17(25)26)22-15(24)13(16(22)30-9)20-14(23)12(11-6-5-7-29-11)21-18(27)28-19(2,3)4/h5-9,12-13,16H,1-4H3,(H,20,23)(H,21,27)(H,25,26)/t9?,12?,13?,16-/m0/s1. The number of carbonyl (C=O) groups is 4. The lowest BCUT2D eigenvalue weighted by Gasteiger charge is -2.49. The number of aliphatic carboxylic acids is 1. The van der Waals surface area contributed by atoms with E-state index in [-0.39, 0.29) is 10.9 Å². The van der Waals surface area contributed by atoms with Crippen molar-refractivity contribution in [1.29, 1.82) is 0 Å².